The van der Waals surface area contributed by atoms with Gasteiger partial charge >= 0.3 is 0 Å². The predicted octanol–water partition coefficient (Wildman–Crippen LogP) is -0.708. The summed E-state index contributed by atoms with van der Waals surface area (Å²) in [6, 6.07) is 8.33. The molecule has 0 aromatic heterocycles. The molecule has 0 aliphatic rings. The molecule has 0 aliphatic carbocycles. The molecule has 1 rings (SSSR count). The molecule has 23 heavy (non-hydrogen) atoms. The molecule has 0 spiro atoms. The monoisotopic (exact) mass is 681 g/mol. The van der Waals surface area contributed by atoms with Crippen LogP contribution in [0.3, 0.4) is 0 Å². The summed E-state index contributed by atoms with van der Waals surface area (Å²) in [5.41, 5.74) is 0. The van der Waals surface area contributed by atoms with E-state index < -0.39 is 0 Å². The molecule has 0 atom stereocenters. The summed E-state index contributed by atoms with van der Waals surface area (Å²) < 4.78 is 0. The molecule has 1 aromatic carbocycles. The maximum atomic E-state index is 10.3. The number of rotatable bonds is 0. The summed E-state index contributed by atoms with van der Waals surface area (Å²) >= 11 is 0. The van der Waals surface area contributed by atoms with Gasteiger partial charge in [-0.15, -0.1) is 5.75 Å². The Bertz CT molecular complexity index is 216. The Morgan fingerprint density at radius 3 is 0.783 bits per heavy atom. The molecule has 11 heteroatoms. The van der Waals surface area contributed by atoms with Crippen LogP contribution in [-0.2, 0) is 69.6 Å². The van der Waals surface area contributed by atoms with Gasteiger partial charge in [-0.25, -0.2) is 0 Å². The minimum absolute atomic E-state index is 0. The molecule has 0 amide bonds. The standard InChI is InChI=1S/C6H6O.6CH2O.2H2O.2Re/c7-6-4-2-1-3-5-6;6*1-2;;;;/h1-5,7H;6*1H2;2*1H2;;/p-3. The van der Waals surface area contributed by atoms with Crippen LogP contribution in [-0.4, -0.2) is 51.7 Å². The van der Waals surface area contributed by atoms with Crippen LogP contribution >= 0.6 is 0 Å². The zero-order valence-corrected chi connectivity index (χ0v) is 17.6. The quantitative estimate of drug-likeness (QED) is 0.342. The largest absolute Gasteiger partial charge is 0.872 e. The first kappa shape index (κ1) is 68.8. The van der Waals surface area contributed by atoms with E-state index in [1.165, 1.54) is 12.1 Å². The van der Waals surface area contributed by atoms with E-state index in [0.29, 0.717) is 0 Å². The van der Waals surface area contributed by atoms with Gasteiger partial charge in [-0.3, -0.25) is 0 Å². The Balaban J connectivity index is -0.0000000118. The molecule has 0 unspecified atom stereocenters. The van der Waals surface area contributed by atoms with Crippen molar-refractivity contribution in [2.24, 2.45) is 0 Å². The Morgan fingerprint density at radius 2 is 0.696 bits per heavy atom. The third-order valence-electron chi connectivity index (χ3n) is 0.743. The van der Waals surface area contributed by atoms with Crippen molar-refractivity contribution < 1.29 is 85.7 Å². The molecule has 0 fully saturated rings. The molecule has 1 aromatic rings. The van der Waals surface area contributed by atoms with E-state index in [-0.39, 0.29) is 57.5 Å². The number of hydrogen-bond acceptors (Lipinski definition) is 9. The molecule has 2 N–H and O–H groups in total. The number of hydrogen-bond donors (Lipinski definition) is 0. The van der Waals surface area contributed by atoms with Gasteiger partial charge in [-0.05, 0) is 0 Å². The summed E-state index contributed by atoms with van der Waals surface area (Å²) in [5, 5.41) is 10.3. The SMILES string of the molecule is C=O.C=O.C=O.C=O.C=O.C=O.[O-]c1ccccc1.[OH-].[OH-].[Re].[Re]. The Kier molecular flexibility index (Phi) is 571. The minimum atomic E-state index is 0. The van der Waals surface area contributed by atoms with Crippen LogP contribution in [0.1, 0.15) is 0 Å². The van der Waals surface area contributed by atoms with Crippen LogP contribution in [0.25, 0.3) is 0 Å². The van der Waals surface area contributed by atoms with Gasteiger partial charge in [0.25, 0.3) is 0 Å². The summed E-state index contributed by atoms with van der Waals surface area (Å²) in [6.07, 6.45) is 0. The molecular formula is C12H19O9Re2-3. The first-order chi connectivity index (χ1) is 9.39. The number of carbonyl (C=O) groups is 6. The van der Waals surface area contributed by atoms with E-state index in [1.54, 1.807) is 12.1 Å². The van der Waals surface area contributed by atoms with Gasteiger partial charge in [0.1, 0.15) is 40.7 Å². The van der Waals surface area contributed by atoms with E-state index in [1.807, 2.05) is 46.8 Å². The van der Waals surface area contributed by atoms with Crippen molar-refractivity contribution in [3.63, 3.8) is 0 Å². The van der Waals surface area contributed by atoms with E-state index in [9.17, 15) is 5.11 Å². The smallest absolute Gasteiger partial charge is 0.106 e. The van der Waals surface area contributed by atoms with Crippen LogP contribution in [0.15, 0.2) is 30.3 Å². The first-order valence-electron chi connectivity index (χ1n) is 3.85. The summed E-state index contributed by atoms with van der Waals surface area (Å²) in [7, 11) is 0. The molecule has 138 valence electrons. The van der Waals surface area contributed by atoms with Crippen LogP contribution in [0, 0.1) is 0 Å². The molecule has 9 nitrogen and oxygen atoms in total. The molecule has 2 radical (unpaired) electrons. The molecular weight excluding hydrogens is 661 g/mol. The van der Waals surface area contributed by atoms with E-state index >= 15 is 0 Å². The van der Waals surface area contributed by atoms with Crippen LogP contribution in [0.4, 0.5) is 0 Å². The molecule has 0 saturated carbocycles. The van der Waals surface area contributed by atoms with Crippen LogP contribution in [0.2, 0.25) is 0 Å². The van der Waals surface area contributed by atoms with Gasteiger partial charge in [-0.2, -0.15) is 0 Å². The number of para-hydroxylation sites is 1. The van der Waals surface area contributed by atoms with E-state index in [2.05, 4.69) is 0 Å². The number of carbonyl (C=O) groups excluding carboxylic acids is 6. The Labute approximate surface area is 162 Å². The van der Waals surface area contributed by atoms with Gasteiger partial charge in [0.05, 0.1) is 0 Å². The molecule has 0 bridgehead atoms. The van der Waals surface area contributed by atoms with Gasteiger partial charge in [0, 0.05) is 40.8 Å². The van der Waals surface area contributed by atoms with Crippen LogP contribution < -0.4 is 5.11 Å². The van der Waals surface area contributed by atoms with Crippen LogP contribution in [0.5, 0.6) is 5.75 Å². The average molecular weight is 680 g/mol. The van der Waals surface area contributed by atoms with Crippen molar-refractivity contribution in [1.82, 2.24) is 0 Å². The zero-order valence-electron chi connectivity index (χ0n) is 12.1. The summed E-state index contributed by atoms with van der Waals surface area (Å²) in [5.74, 6) is 0.0718. The van der Waals surface area contributed by atoms with Crippen molar-refractivity contribution in [1.29, 1.82) is 0 Å². The second-order valence-electron chi connectivity index (χ2n) is 1.31. The fraction of sp³-hybridized carbons (Fsp3) is 0. The van der Waals surface area contributed by atoms with Crippen molar-refractivity contribution >= 4 is 40.7 Å². The van der Waals surface area contributed by atoms with Crippen molar-refractivity contribution in [3.8, 4) is 5.75 Å². The second-order valence-corrected chi connectivity index (χ2v) is 1.31. The van der Waals surface area contributed by atoms with Gasteiger partial charge in [0.2, 0.25) is 0 Å². The predicted molar refractivity (Wildman–Crippen MR) is 72.5 cm³/mol. The third-order valence-corrected chi connectivity index (χ3v) is 0.743. The molecule has 0 heterocycles. The Hall–Kier alpha value is -1.72. The maximum Gasteiger partial charge on any atom is 0.106 e. The second kappa shape index (κ2) is 191. The van der Waals surface area contributed by atoms with Gasteiger partial charge in [-0.1, -0.05) is 30.3 Å². The van der Waals surface area contributed by atoms with E-state index in [0.717, 1.165) is 0 Å². The number of benzene rings is 1. The van der Waals surface area contributed by atoms with Crippen molar-refractivity contribution in [2.75, 3.05) is 0 Å². The third kappa shape index (κ3) is 172. The van der Waals surface area contributed by atoms with Gasteiger partial charge in [0.15, 0.2) is 0 Å². The van der Waals surface area contributed by atoms with E-state index in [4.69, 9.17) is 28.8 Å². The molecule has 0 saturated heterocycles. The summed E-state index contributed by atoms with van der Waals surface area (Å²) in [6.45, 7) is 12.0. The normalized spacial score (nSPS) is 3.65. The zero-order chi connectivity index (χ0) is 17.1. The Morgan fingerprint density at radius 1 is 0.522 bits per heavy atom. The fourth-order valence-corrected chi connectivity index (χ4v) is 0.420. The van der Waals surface area contributed by atoms with Gasteiger partial charge < -0.3 is 44.8 Å². The minimum Gasteiger partial charge on any atom is -0.872 e. The summed E-state index contributed by atoms with van der Waals surface area (Å²) in [4.78, 5) is 48.0. The topological polar surface area (TPSA) is 185 Å². The molecule has 0 aliphatic heterocycles. The van der Waals surface area contributed by atoms with Crippen molar-refractivity contribution in [3.05, 3.63) is 30.3 Å². The average Bonchev–Trinajstić information content (AvgIpc) is 2.59. The first-order valence-corrected chi connectivity index (χ1v) is 3.85. The fourth-order valence-electron chi connectivity index (χ4n) is 0.420. The maximum absolute atomic E-state index is 10.3. The van der Waals surface area contributed by atoms with Crippen molar-refractivity contribution in [2.45, 2.75) is 0 Å².